The van der Waals surface area contributed by atoms with E-state index in [0.29, 0.717) is 12.1 Å². The summed E-state index contributed by atoms with van der Waals surface area (Å²) in [5.74, 6) is -0.132. The Balaban J connectivity index is 2.81. The van der Waals surface area contributed by atoms with E-state index in [9.17, 15) is 14.9 Å². The van der Waals surface area contributed by atoms with Crippen LogP contribution in [0.1, 0.15) is 19.8 Å². The Bertz CT molecular complexity index is 421. The molecule has 0 aliphatic heterocycles. The first kappa shape index (κ1) is 12.4. The van der Waals surface area contributed by atoms with Gasteiger partial charge in [-0.25, -0.2) is 0 Å². The summed E-state index contributed by atoms with van der Waals surface area (Å²) in [6, 6.07) is 4.09. The van der Waals surface area contributed by atoms with E-state index < -0.39 is 4.92 Å². The summed E-state index contributed by atoms with van der Waals surface area (Å²) in [5.41, 5.74) is 0.296. The molecule has 0 bridgehead atoms. The lowest BCUT2D eigenvalue weighted by atomic mass is 10.2. The number of carbonyl (C=O) groups excluding carboxylic acids is 1. The van der Waals surface area contributed by atoms with Gasteiger partial charge in [0.25, 0.3) is 5.69 Å². The van der Waals surface area contributed by atoms with Crippen molar-refractivity contribution in [1.29, 1.82) is 0 Å². The van der Waals surface area contributed by atoms with E-state index in [-0.39, 0.29) is 16.6 Å². The zero-order chi connectivity index (χ0) is 12.1. The highest BCUT2D eigenvalue weighted by molar-refractivity contribution is 6.33. The first-order valence-electron chi connectivity index (χ1n) is 4.78. The number of hydrogen-bond acceptors (Lipinski definition) is 3. The van der Waals surface area contributed by atoms with Gasteiger partial charge in [-0.3, -0.25) is 14.9 Å². The van der Waals surface area contributed by atoms with E-state index in [4.69, 9.17) is 11.6 Å². The van der Waals surface area contributed by atoms with E-state index in [1.807, 2.05) is 6.92 Å². The molecule has 16 heavy (non-hydrogen) atoms. The summed E-state index contributed by atoms with van der Waals surface area (Å²) in [4.78, 5) is 21.2. The Morgan fingerprint density at radius 1 is 1.56 bits per heavy atom. The summed E-state index contributed by atoms with van der Waals surface area (Å²) in [6.07, 6.45) is 1.15. The van der Waals surface area contributed by atoms with E-state index in [0.717, 1.165) is 6.42 Å². The molecule has 0 atom stereocenters. The van der Waals surface area contributed by atoms with Crippen molar-refractivity contribution in [2.24, 2.45) is 0 Å². The SMILES string of the molecule is CCCC(=O)Nc1ccc([N+](=O)[O-])c(Cl)c1. The molecule has 0 spiro atoms. The van der Waals surface area contributed by atoms with Crippen LogP contribution >= 0.6 is 11.6 Å². The van der Waals surface area contributed by atoms with E-state index >= 15 is 0 Å². The molecule has 0 heterocycles. The number of anilines is 1. The van der Waals surface area contributed by atoms with Gasteiger partial charge in [0, 0.05) is 18.2 Å². The van der Waals surface area contributed by atoms with E-state index in [2.05, 4.69) is 5.32 Å². The second-order valence-corrected chi connectivity index (χ2v) is 3.63. The Morgan fingerprint density at radius 2 is 2.25 bits per heavy atom. The molecule has 1 N–H and O–H groups in total. The van der Waals surface area contributed by atoms with Crippen LogP contribution in [0.5, 0.6) is 0 Å². The van der Waals surface area contributed by atoms with Gasteiger partial charge in [-0.1, -0.05) is 18.5 Å². The maximum absolute atomic E-state index is 11.3. The summed E-state index contributed by atoms with van der Waals surface area (Å²) in [6.45, 7) is 1.89. The van der Waals surface area contributed by atoms with Crippen LogP contribution in [-0.2, 0) is 4.79 Å². The van der Waals surface area contributed by atoms with Crippen LogP contribution in [0.3, 0.4) is 0 Å². The summed E-state index contributed by atoms with van der Waals surface area (Å²) < 4.78 is 0. The maximum atomic E-state index is 11.3. The standard InChI is InChI=1S/C10H11ClN2O3/c1-2-3-10(14)12-7-4-5-9(13(15)16)8(11)6-7/h4-6H,2-3H2,1H3,(H,12,14). The van der Waals surface area contributed by atoms with Crippen LogP contribution in [0.4, 0.5) is 11.4 Å². The molecule has 0 radical (unpaired) electrons. The number of rotatable bonds is 4. The molecule has 0 aliphatic carbocycles. The minimum atomic E-state index is -0.569. The number of benzene rings is 1. The van der Waals surface area contributed by atoms with E-state index in [1.165, 1.54) is 18.2 Å². The smallest absolute Gasteiger partial charge is 0.288 e. The van der Waals surface area contributed by atoms with Crippen molar-refractivity contribution in [3.8, 4) is 0 Å². The lowest BCUT2D eigenvalue weighted by molar-refractivity contribution is -0.384. The van der Waals surface area contributed by atoms with E-state index in [1.54, 1.807) is 0 Å². The van der Waals surface area contributed by atoms with Crippen molar-refractivity contribution in [3.63, 3.8) is 0 Å². The van der Waals surface area contributed by atoms with Gasteiger partial charge in [-0.15, -0.1) is 0 Å². The van der Waals surface area contributed by atoms with Gasteiger partial charge in [-0.05, 0) is 18.6 Å². The highest BCUT2D eigenvalue weighted by atomic mass is 35.5. The Labute approximate surface area is 97.6 Å². The van der Waals surface area contributed by atoms with Crippen LogP contribution in [0.2, 0.25) is 5.02 Å². The van der Waals surface area contributed by atoms with Gasteiger partial charge >= 0.3 is 0 Å². The molecular formula is C10H11ClN2O3. The number of halogens is 1. The normalized spacial score (nSPS) is 9.88. The fourth-order valence-electron chi connectivity index (χ4n) is 1.18. The quantitative estimate of drug-likeness (QED) is 0.652. The van der Waals surface area contributed by atoms with Crippen molar-refractivity contribution in [1.82, 2.24) is 0 Å². The number of hydrogen-bond donors (Lipinski definition) is 1. The average molecular weight is 243 g/mol. The second-order valence-electron chi connectivity index (χ2n) is 3.22. The first-order valence-corrected chi connectivity index (χ1v) is 5.16. The highest BCUT2D eigenvalue weighted by Gasteiger charge is 2.12. The number of nitrogens with zero attached hydrogens (tertiary/aromatic N) is 1. The average Bonchev–Trinajstić information content (AvgIpc) is 2.17. The molecule has 86 valence electrons. The third kappa shape index (κ3) is 3.20. The monoisotopic (exact) mass is 242 g/mol. The van der Waals surface area contributed by atoms with Crippen LogP contribution in [0.15, 0.2) is 18.2 Å². The van der Waals surface area contributed by atoms with Crippen LogP contribution < -0.4 is 5.32 Å². The molecule has 1 rings (SSSR count). The van der Waals surface area contributed by atoms with Gasteiger partial charge in [0.1, 0.15) is 5.02 Å². The molecule has 0 aromatic heterocycles. The van der Waals surface area contributed by atoms with Gasteiger partial charge in [0.05, 0.1) is 4.92 Å². The first-order chi connectivity index (χ1) is 7.54. The number of nitrogens with one attached hydrogen (secondary N) is 1. The molecule has 0 unspecified atom stereocenters. The topological polar surface area (TPSA) is 72.2 Å². The molecule has 0 saturated carbocycles. The number of carbonyl (C=O) groups is 1. The van der Waals surface area contributed by atoms with Crippen molar-refractivity contribution in [2.75, 3.05) is 5.32 Å². The largest absolute Gasteiger partial charge is 0.326 e. The summed E-state index contributed by atoms with van der Waals surface area (Å²) in [7, 11) is 0. The zero-order valence-corrected chi connectivity index (χ0v) is 9.45. The second kappa shape index (κ2) is 5.46. The molecule has 0 saturated heterocycles. The lowest BCUT2D eigenvalue weighted by Crippen LogP contribution is -2.10. The fraction of sp³-hybridized carbons (Fsp3) is 0.300. The third-order valence-corrected chi connectivity index (χ3v) is 2.21. The molecule has 1 aromatic rings. The minimum Gasteiger partial charge on any atom is -0.326 e. The van der Waals surface area contributed by atoms with Crippen LogP contribution in [-0.4, -0.2) is 10.8 Å². The number of nitro benzene ring substituents is 1. The molecular weight excluding hydrogens is 232 g/mol. The minimum absolute atomic E-state index is 0.0132. The van der Waals surface area contributed by atoms with Gasteiger partial charge in [0.15, 0.2) is 0 Å². The number of amides is 1. The number of nitro groups is 1. The van der Waals surface area contributed by atoms with Gasteiger partial charge in [-0.2, -0.15) is 0 Å². The van der Waals surface area contributed by atoms with Crippen molar-refractivity contribution in [2.45, 2.75) is 19.8 Å². The predicted octanol–water partition coefficient (Wildman–Crippen LogP) is 2.99. The van der Waals surface area contributed by atoms with Crippen LogP contribution in [0.25, 0.3) is 0 Å². The zero-order valence-electron chi connectivity index (χ0n) is 8.70. The Hall–Kier alpha value is -1.62. The molecule has 0 aliphatic rings. The molecule has 0 fully saturated rings. The summed E-state index contributed by atoms with van der Waals surface area (Å²) in [5, 5.41) is 13.1. The lowest BCUT2D eigenvalue weighted by Gasteiger charge is -2.04. The molecule has 1 aromatic carbocycles. The van der Waals surface area contributed by atoms with Crippen molar-refractivity contribution in [3.05, 3.63) is 33.3 Å². The molecule has 5 nitrogen and oxygen atoms in total. The molecule has 1 amide bonds. The van der Waals surface area contributed by atoms with Gasteiger partial charge in [0.2, 0.25) is 5.91 Å². The Kier molecular flexibility index (Phi) is 4.25. The van der Waals surface area contributed by atoms with Crippen molar-refractivity contribution >= 4 is 28.9 Å². The summed E-state index contributed by atoms with van der Waals surface area (Å²) >= 11 is 5.69. The maximum Gasteiger partial charge on any atom is 0.288 e. The Morgan fingerprint density at radius 3 is 2.75 bits per heavy atom. The molecule has 6 heteroatoms. The highest BCUT2D eigenvalue weighted by Crippen LogP contribution is 2.27. The third-order valence-electron chi connectivity index (χ3n) is 1.91. The van der Waals surface area contributed by atoms with Crippen LogP contribution in [0, 0.1) is 10.1 Å². The fourth-order valence-corrected chi connectivity index (χ4v) is 1.43. The van der Waals surface area contributed by atoms with Gasteiger partial charge < -0.3 is 5.32 Å². The predicted molar refractivity (Wildman–Crippen MR) is 61.6 cm³/mol. The van der Waals surface area contributed by atoms with Crippen molar-refractivity contribution < 1.29 is 9.72 Å².